The van der Waals surface area contributed by atoms with E-state index in [1.54, 1.807) is 0 Å². The maximum Gasteiger partial charge on any atom is 0.193 e. The van der Waals surface area contributed by atoms with Gasteiger partial charge in [-0.25, -0.2) is 0 Å². The summed E-state index contributed by atoms with van der Waals surface area (Å²) in [6.07, 6.45) is 2.53. The van der Waals surface area contributed by atoms with E-state index in [0.717, 1.165) is 24.3 Å². The second kappa shape index (κ2) is 6.43. The van der Waals surface area contributed by atoms with Crippen LogP contribution in [-0.4, -0.2) is 25.6 Å². The Kier molecular flexibility index (Phi) is 4.63. The lowest BCUT2D eigenvalue weighted by molar-refractivity contribution is 0.941. The molecular formula is C14H23N5. The van der Waals surface area contributed by atoms with E-state index in [4.69, 9.17) is 11.5 Å². The van der Waals surface area contributed by atoms with Gasteiger partial charge in [0, 0.05) is 37.6 Å². The summed E-state index contributed by atoms with van der Waals surface area (Å²) in [5, 5.41) is 3.09. The van der Waals surface area contributed by atoms with Crippen LogP contribution in [0, 0.1) is 0 Å². The first-order valence-corrected chi connectivity index (χ1v) is 6.89. The quantitative estimate of drug-likeness (QED) is 0.567. The molecule has 1 aliphatic rings. The highest BCUT2D eigenvalue weighted by atomic mass is 15.1. The van der Waals surface area contributed by atoms with E-state index >= 15 is 0 Å². The average Bonchev–Trinajstić information content (AvgIpc) is 2.92. The summed E-state index contributed by atoms with van der Waals surface area (Å²) >= 11 is 0. The Morgan fingerprint density at radius 3 is 2.74 bits per heavy atom. The molecule has 0 bridgehead atoms. The molecule has 0 spiro atoms. The molecule has 1 heterocycles. The number of nitrogens with zero attached hydrogens (tertiary/aromatic N) is 2. The van der Waals surface area contributed by atoms with Crippen LogP contribution in [-0.2, 0) is 6.54 Å². The standard InChI is InChI=1S/C14H23N5/c1-2-17-14(16)18-12-5-6-13(11(9-12)10-15)19-7-3-4-8-19/h5-6,9H,2-4,7-8,10,15H2,1H3,(H3,16,17,18). The van der Waals surface area contributed by atoms with Crippen molar-refractivity contribution in [3.63, 3.8) is 0 Å². The molecule has 0 amide bonds. The van der Waals surface area contributed by atoms with Gasteiger partial charge in [-0.15, -0.1) is 0 Å². The van der Waals surface area contributed by atoms with E-state index in [0.29, 0.717) is 19.0 Å². The molecule has 1 saturated heterocycles. The SMILES string of the molecule is CCN=C(N)Nc1ccc(N2CCCC2)c(CN)c1. The fourth-order valence-electron chi connectivity index (χ4n) is 2.45. The summed E-state index contributed by atoms with van der Waals surface area (Å²) in [6.45, 7) is 5.41. The number of hydrogen-bond acceptors (Lipinski definition) is 3. The number of guanidine groups is 1. The van der Waals surface area contributed by atoms with Crippen molar-refractivity contribution in [3.05, 3.63) is 23.8 Å². The summed E-state index contributed by atoms with van der Waals surface area (Å²) in [4.78, 5) is 6.52. The van der Waals surface area contributed by atoms with Crippen LogP contribution in [0.5, 0.6) is 0 Å². The lowest BCUT2D eigenvalue weighted by atomic mass is 10.1. The molecular weight excluding hydrogens is 238 g/mol. The summed E-state index contributed by atoms with van der Waals surface area (Å²) < 4.78 is 0. The Morgan fingerprint density at radius 2 is 2.11 bits per heavy atom. The molecule has 1 aromatic carbocycles. The topological polar surface area (TPSA) is 79.7 Å². The van der Waals surface area contributed by atoms with Gasteiger partial charge in [0.05, 0.1) is 0 Å². The molecule has 0 saturated carbocycles. The molecule has 19 heavy (non-hydrogen) atoms. The lowest BCUT2D eigenvalue weighted by Gasteiger charge is -2.21. The number of aliphatic imine (C=N–C) groups is 1. The molecule has 1 fully saturated rings. The Balaban J connectivity index is 2.18. The van der Waals surface area contributed by atoms with E-state index in [1.165, 1.54) is 18.5 Å². The van der Waals surface area contributed by atoms with Crippen LogP contribution >= 0.6 is 0 Å². The highest BCUT2D eigenvalue weighted by molar-refractivity contribution is 5.92. The molecule has 2 rings (SSSR count). The van der Waals surface area contributed by atoms with Gasteiger partial charge in [0.25, 0.3) is 0 Å². The van der Waals surface area contributed by atoms with E-state index in [9.17, 15) is 0 Å². The van der Waals surface area contributed by atoms with Gasteiger partial charge in [-0.2, -0.15) is 0 Å². The second-order valence-corrected chi connectivity index (χ2v) is 4.73. The van der Waals surface area contributed by atoms with Crippen LogP contribution in [0.2, 0.25) is 0 Å². The van der Waals surface area contributed by atoms with Crippen molar-refractivity contribution in [3.8, 4) is 0 Å². The van der Waals surface area contributed by atoms with Crippen LogP contribution in [0.1, 0.15) is 25.3 Å². The number of anilines is 2. The molecule has 0 aliphatic carbocycles. The van der Waals surface area contributed by atoms with Gasteiger partial charge < -0.3 is 21.7 Å². The lowest BCUT2D eigenvalue weighted by Crippen LogP contribution is -2.23. The number of benzene rings is 1. The molecule has 5 heteroatoms. The van der Waals surface area contributed by atoms with E-state index in [-0.39, 0.29) is 0 Å². The van der Waals surface area contributed by atoms with Crippen molar-refractivity contribution >= 4 is 17.3 Å². The Bertz CT molecular complexity index is 449. The van der Waals surface area contributed by atoms with Crippen LogP contribution in [0.3, 0.4) is 0 Å². The highest BCUT2D eigenvalue weighted by Crippen LogP contribution is 2.27. The minimum atomic E-state index is 0.444. The summed E-state index contributed by atoms with van der Waals surface area (Å²) in [7, 11) is 0. The van der Waals surface area contributed by atoms with Crippen molar-refractivity contribution in [2.45, 2.75) is 26.3 Å². The van der Waals surface area contributed by atoms with Crippen molar-refractivity contribution in [1.82, 2.24) is 0 Å². The third-order valence-electron chi connectivity index (χ3n) is 3.35. The van der Waals surface area contributed by atoms with Gasteiger partial charge >= 0.3 is 0 Å². The van der Waals surface area contributed by atoms with E-state index in [1.807, 2.05) is 13.0 Å². The zero-order chi connectivity index (χ0) is 13.7. The summed E-state index contributed by atoms with van der Waals surface area (Å²) in [6, 6.07) is 6.21. The predicted molar refractivity (Wildman–Crippen MR) is 81.6 cm³/mol. The van der Waals surface area contributed by atoms with E-state index in [2.05, 4.69) is 27.3 Å². The van der Waals surface area contributed by atoms with Crippen LogP contribution in [0.15, 0.2) is 23.2 Å². The van der Waals surface area contributed by atoms with Crippen molar-refractivity contribution < 1.29 is 0 Å². The predicted octanol–water partition coefficient (Wildman–Crippen LogP) is 1.49. The third-order valence-corrected chi connectivity index (χ3v) is 3.35. The number of rotatable bonds is 4. The summed E-state index contributed by atoms with van der Waals surface area (Å²) in [5.41, 5.74) is 15.0. The van der Waals surface area contributed by atoms with Gasteiger partial charge in [0.15, 0.2) is 5.96 Å². The van der Waals surface area contributed by atoms with Crippen LogP contribution < -0.4 is 21.7 Å². The molecule has 104 valence electrons. The Labute approximate surface area is 114 Å². The van der Waals surface area contributed by atoms with Gasteiger partial charge in [0.2, 0.25) is 0 Å². The Morgan fingerprint density at radius 1 is 1.37 bits per heavy atom. The zero-order valence-corrected chi connectivity index (χ0v) is 11.5. The van der Waals surface area contributed by atoms with Gasteiger partial charge in [-0.05, 0) is 43.5 Å². The van der Waals surface area contributed by atoms with Gasteiger partial charge in [-0.1, -0.05) is 0 Å². The van der Waals surface area contributed by atoms with Crippen LogP contribution in [0.25, 0.3) is 0 Å². The minimum Gasteiger partial charge on any atom is -0.371 e. The molecule has 5 nitrogen and oxygen atoms in total. The molecule has 0 atom stereocenters. The van der Waals surface area contributed by atoms with Gasteiger partial charge in [-0.3, -0.25) is 4.99 Å². The monoisotopic (exact) mass is 261 g/mol. The summed E-state index contributed by atoms with van der Waals surface area (Å²) in [5.74, 6) is 0.444. The molecule has 0 aromatic heterocycles. The fourth-order valence-corrected chi connectivity index (χ4v) is 2.45. The molecule has 0 radical (unpaired) electrons. The maximum atomic E-state index is 5.86. The number of hydrogen-bond donors (Lipinski definition) is 3. The normalized spacial score (nSPS) is 15.9. The number of nitrogens with one attached hydrogen (secondary N) is 1. The zero-order valence-electron chi connectivity index (χ0n) is 11.5. The van der Waals surface area contributed by atoms with Gasteiger partial charge in [0.1, 0.15) is 0 Å². The Hall–Kier alpha value is -1.75. The smallest absolute Gasteiger partial charge is 0.193 e. The average molecular weight is 261 g/mol. The molecule has 1 aliphatic heterocycles. The first kappa shape index (κ1) is 13.7. The molecule has 0 unspecified atom stereocenters. The van der Waals surface area contributed by atoms with Crippen LogP contribution in [0.4, 0.5) is 11.4 Å². The fraction of sp³-hybridized carbons (Fsp3) is 0.500. The van der Waals surface area contributed by atoms with Crippen molar-refractivity contribution in [1.29, 1.82) is 0 Å². The highest BCUT2D eigenvalue weighted by Gasteiger charge is 2.15. The van der Waals surface area contributed by atoms with Crippen molar-refractivity contribution in [2.24, 2.45) is 16.5 Å². The van der Waals surface area contributed by atoms with Crippen molar-refractivity contribution in [2.75, 3.05) is 29.9 Å². The maximum absolute atomic E-state index is 5.86. The number of nitrogens with two attached hydrogens (primary N) is 2. The largest absolute Gasteiger partial charge is 0.371 e. The third kappa shape index (κ3) is 3.38. The minimum absolute atomic E-state index is 0.444. The molecule has 5 N–H and O–H groups in total. The second-order valence-electron chi connectivity index (χ2n) is 4.73. The first-order chi connectivity index (χ1) is 9.24. The van der Waals surface area contributed by atoms with E-state index < -0.39 is 0 Å². The first-order valence-electron chi connectivity index (χ1n) is 6.89. The molecule has 1 aromatic rings.